The molecule has 0 radical (unpaired) electrons. The Balaban J connectivity index is 1.97. The number of nitrogens with zero attached hydrogens (tertiary/aromatic N) is 4. The molecule has 112 valence electrons. The molecule has 1 aromatic carbocycles. The monoisotopic (exact) mass is 299 g/mol. The number of aromatic nitrogens is 2. The predicted molar refractivity (Wildman–Crippen MR) is 77.8 cm³/mol. The number of hydrazone groups is 1. The van der Waals surface area contributed by atoms with Crippen LogP contribution in [0.15, 0.2) is 33.9 Å². The van der Waals surface area contributed by atoms with Crippen LogP contribution in [0.3, 0.4) is 0 Å². The first kappa shape index (κ1) is 13.9. The topological polar surface area (TPSA) is 115 Å². The lowest BCUT2D eigenvalue weighted by atomic mass is 10.0. The minimum Gasteiger partial charge on any atom is -0.369 e. The molecule has 0 saturated heterocycles. The summed E-state index contributed by atoms with van der Waals surface area (Å²) >= 11 is 0. The maximum Gasteiger partial charge on any atom is 0.265 e. The van der Waals surface area contributed by atoms with E-state index in [1.54, 1.807) is 38.1 Å². The number of anilines is 1. The van der Waals surface area contributed by atoms with Crippen LogP contribution >= 0.6 is 0 Å². The van der Waals surface area contributed by atoms with E-state index in [9.17, 15) is 9.59 Å². The maximum atomic E-state index is 12.3. The molecule has 2 amide bonds. The average Bonchev–Trinajstić information content (AvgIpc) is 3.03. The van der Waals surface area contributed by atoms with Gasteiger partial charge in [-0.05, 0) is 19.1 Å². The van der Waals surface area contributed by atoms with Gasteiger partial charge < -0.3 is 10.3 Å². The number of amides is 2. The van der Waals surface area contributed by atoms with E-state index in [-0.39, 0.29) is 0 Å². The Kier molecular flexibility index (Phi) is 3.21. The highest BCUT2D eigenvalue weighted by molar-refractivity contribution is 6.26. The standard InChI is InChI=1S/C14H13N5O3/c1-7-11(12(15)20)14(21)19(17-7)10-5-3-4-9(6-10)13-16-8(2)22-18-13/h3-6,11H,1-2H3,(H2,15,20). The first-order valence-corrected chi connectivity index (χ1v) is 6.56. The van der Waals surface area contributed by atoms with Gasteiger partial charge in [0.25, 0.3) is 5.91 Å². The SMILES string of the molecule is CC1=NN(c2cccc(-c3noc(C)n3)c2)C(=O)C1C(N)=O. The highest BCUT2D eigenvalue weighted by Gasteiger charge is 2.38. The molecule has 8 nitrogen and oxygen atoms in total. The van der Waals surface area contributed by atoms with Gasteiger partial charge in [0, 0.05) is 12.5 Å². The molecule has 2 N–H and O–H groups in total. The molecule has 1 aromatic heterocycles. The van der Waals surface area contributed by atoms with Crippen LogP contribution in [0, 0.1) is 12.8 Å². The number of benzene rings is 1. The van der Waals surface area contributed by atoms with Gasteiger partial charge in [-0.25, -0.2) is 0 Å². The molecule has 0 saturated carbocycles. The Labute approximate surface area is 125 Å². The van der Waals surface area contributed by atoms with E-state index in [2.05, 4.69) is 15.2 Å². The first-order chi connectivity index (χ1) is 10.5. The number of primary amides is 1. The molecule has 3 rings (SSSR count). The van der Waals surface area contributed by atoms with Crippen molar-refractivity contribution in [2.75, 3.05) is 5.01 Å². The molecule has 8 heteroatoms. The number of carbonyl (C=O) groups is 2. The molecule has 1 aliphatic heterocycles. The van der Waals surface area contributed by atoms with Gasteiger partial charge >= 0.3 is 0 Å². The molecule has 1 aliphatic rings. The molecular weight excluding hydrogens is 286 g/mol. The van der Waals surface area contributed by atoms with Gasteiger partial charge in [-0.2, -0.15) is 15.1 Å². The molecule has 1 unspecified atom stereocenters. The fraction of sp³-hybridized carbons (Fsp3) is 0.214. The van der Waals surface area contributed by atoms with Gasteiger partial charge in [-0.15, -0.1) is 0 Å². The fourth-order valence-electron chi connectivity index (χ4n) is 2.27. The summed E-state index contributed by atoms with van der Waals surface area (Å²) in [5.74, 6) is -1.33. The van der Waals surface area contributed by atoms with Gasteiger partial charge in [0.15, 0.2) is 5.92 Å². The zero-order valence-corrected chi connectivity index (χ0v) is 12.0. The Morgan fingerprint density at radius 3 is 2.73 bits per heavy atom. The average molecular weight is 299 g/mol. The second kappa shape index (κ2) is 5.06. The summed E-state index contributed by atoms with van der Waals surface area (Å²) in [5.41, 5.74) is 6.80. The van der Waals surface area contributed by atoms with Crippen molar-refractivity contribution in [3.63, 3.8) is 0 Å². The summed E-state index contributed by atoms with van der Waals surface area (Å²) in [4.78, 5) is 27.8. The van der Waals surface area contributed by atoms with Crippen molar-refractivity contribution in [3.05, 3.63) is 30.2 Å². The molecule has 0 fully saturated rings. The van der Waals surface area contributed by atoms with Gasteiger partial charge in [-0.3, -0.25) is 9.59 Å². The van der Waals surface area contributed by atoms with E-state index in [1.165, 1.54) is 5.01 Å². The van der Waals surface area contributed by atoms with Crippen molar-refractivity contribution in [2.24, 2.45) is 16.8 Å². The summed E-state index contributed by atoms with van der Waals surface area (Å²) in [6.07, 6.45) is 0. The number of aryl methyl sites for hydroxylation is 1. The summed E-state index contributed by atoms with van der Waals surface area (Å²) in [7, 11) is 0. The zero-order chi connectivity index (χ0) is 15.9. The van der Waals surface area contributed by atoms with Crippen LogP contribution in [-0.4, -0.2) is 27.7 Å². The second-order valence-corrected chi connectivity index (χ2v) is 4.91. The Morgan fingerprint density at radius 1 is 1.36 bits per heavy atom. The van der Waals surface area contributed by atoms with Crippen molar-refractivity contribution in [1.82, 2.24) is 10.1 Å². The van der Waals surface area contributed by atoms with Gasteiger partial charge in [0.05, 0.1) is 11.4 Å². The molecule has 0 bridgehead atoms. The summed E-state index contributed by atoms with van der Waals surface area (Å²) in [6, 6.07) is 6.93. The number of hydrogen-bond acceptors (Lipinski definition) is 6. The highest BCUT2D eigenvalue weighted by atomic mass is 16.5. The van der Waals surface area contributed by atoms with Crippen LogP contribution in [0.5, 0.6) is 0 Å². The number of nitrogens with two attached hydrogens (primary N) is 1. The fourth-order valence-corrected chi connectivity index (χ4v) is 2.27. The van der Waals surface area contributed by atoms with E-state index in [0.29, 0.717) is 28.7 Å². The lowest BCUT2D eigenvalue weighted by molar-refractivity contribution is -0.128. The molecule has 0 spiro atoms. The lowest BCUT2D eigenvalue weighted by Gasteiger charge is -2.13. The third-order valence-electron chi connectivity index (χ3n) is 3.29. The van der Waals surface area contributed by atoms with E-state index in [0.717, 1.165) is 0 Å². The molecule has 22 heavy (non-hydrogen) atoms. The Morgan fingerprint density at radius 2 is 2.14 bits per heavy atom. The smallest absolute Gasteiger partial charge is 0.265 e. The lowest BCUT2D eigenvalue weighted by Crippen LogP contribution is -2.36. The van der Waals surface area contributed by atoms with Gasteiger partial charge in [0.1, 0.15) is 0 Å². The molecule has 2 aromatic rings. The van der Waals surface area contributed by atoms with Crippen LogP contribution < -0.4 is 10.7 Å². The predicted octanol–water partition coefficient (Wildman–Crippen LogP) is 0.869. The summed E-state index contributed by atoms with van der Waals surface area (Å²) in [6.45, 7) is 3.29. The minimum atomic E-state index is -1.02. The second-order valence-electron chi connectivity index (χ2n) is 4.91. The van der Waals surface area contributed by atoms with Crippen molar-refractivity contribution in [1.29, 1.82) is 0 Å². The van der Waals surface area contributed by atoms with Crippen LogP contribution in [0.25, 0.3) is 11.4 Å². The van der Waals surface area contributed by atoms with E-state index < -0.39 is 17.7 Å². The summed E-state index contributed by atoms with van der Waals surface area (Å²) in [5, 5.41) is 9.12. The van der Waals surface area contributed by atoms with Gasteiger partial charge in [0.2, 0.25) is 17.6 Å². The van der Waals surface area contributed by atoms with E-state index in [4.69, 9.17) is 10.3 Å². The summed E-state index contributed by atoms with van der Waals surface area (Å²) < 4.78 is 4.94. The largest absolute Gasteiger partial charge is 0.369 e. The van der Waals surface area contributed by atoms with Crippen molar-refractivity contribution in [3.8, 4) is 11.4 Å². The van der Waals surface area contributed by atoms with Crippen molar-refractivity contribution in [2.45, 2.75) is 13.8 Å². The highest BCUT2D eigenvalue weighted by Crippen LogP contribution is 2.27. The minimum absolute atomic E-state index is 0.373. The van der Waals surface area contributed by atoms with E-state index >= 15 is 0 Å². The Hall–Kier alpha value is -3.03. The molecular formula is C14H13N5O3. The molecule has 1 atom stereocenters. The van der Waals surface area contributed by atoms with E-state index in [1.807, 2.05) is 0 Å². The van der Waals surface area contributed by atoms with Crippen LogP contribution in [0.1, 0.15) is 12.8 Å². The number of carbonyl (C=O) groups excluding carboxylic acids is 2. The molecule has 2 heterocycles. The quantitative estimate of drug-likeness (QED) is 0.844. The first-order valence-electron chi connectivity index (χ1n) is 6.56. The normalized spacial score (nSPS) is 17.7. The van der Waals surface area contributed by atoms with Crippen LogP contribution in [0.4, 0.5) is 5.69 Å². The third-order valence-corrected chi connectivity index (χ3v) is 3.29. The third kappa shape index (κ3) is 2.24. The van der Waals surface area contributed by atoms with Crippen LogP contribution in [-0.2, 0) is 9.59 Å². The van der Waals surface area contributed by atoms with Crippen LogP contribution in [0.2, 0.25) is 0 Å². The molecule has 0 aliphatic carbocycles. The zero-order valence-electron chi connectivity index (χ0n) is 12.0. The Bertz CT molecular complexity index is 795. The number of hydrogen-bond donors (Lipinski definition) is 1. The maximum absolute atomic E-state index is 12.3. The van der Waals surface area contributed by atoms with Crippen molar-refractivity contribution >= 4 is 23.2 Å². The number of rotatable bonds is 3. The van der Waals surface area contributed by atoms with Crippen molar-refractivity contribution < 1.29 is 14.1 Å². The van der Waals surface area contributed by atoms with Gasteiger partial charge in [-0.1, -0.05) is 17.3 Å².